The van der Waals surface area contributed by atoms with Gasteiger partial charge in [-0.2, -0.15) is 4.52 Å². The van der Waals surface area contributed by atoms with Crippen LogP contribution >= 0.6 is 0 Å². The molecular weight excluding hydrogens is 344 g/mol. The van der Waals surface area contributed by atoms with Gasteiger partial charge in [-0.15, -0.1) is 15.3 Å². The van der Waals surface area contributed by atoms with E-state index in [1.165, 1.54) is 0 Å². The summed E-state index contributed by atoms with van der Waals surface area (Å²) in [6, 6.07) is 11.3. The van der Waals surface area contributed by atoms with Crippen molar-refractivity contribution in [3.8, 4) is 5.75 Å². The van der Waals surface area contributed by atoms with Crippen LogP contribution in [0.5, 0.6) is 5.75 Å². The molecule has 0 aliphatic carbocycles. The predicted molar refractivity (Wildman–Crippen MR) is 102 cm³/mol. The van der Waals surface area contributed by atoms with E-state index in [-0.39, 0.29) is 11.8 Å². The largest absolute Gasteiger partial charge is 0.494 e. The molecule has 3 heterocycles. The third kappa shape index (κ3) is 3.84. The maximum absolute atomic E-state index is 12.6. The second kappa shape index (κ2) is 7.61. The number of hydrogen-bond acceptors (Lipinski definition) is 6. The number of rotatable bonds is 5. The van der Waals surface area contributed by atoms with E-state index in [2.05, 4.69) is 25.5 Å². The molecule has 1 fully saturated rings. The number of ether oxygens (including phenoxy) is 1. The highest BCUT2D eigenvalue weighted by Crippen LogP contribution is 2.24. The molecule has 4 rings (SSSR count). The Morgan fingerprint density at radius 2 is 1.96 bits per heavy atom. The smallest absolute Gasteiger partial charge is 0.227 e. The van der Waals surface area contributed by atoms with E-state index in [4.69, 9.17) is 4.74 Å². The molecule has 1 aromatic carbocycles. The van der Waals surface area contributed by atoms with E-state index >= 15 is 0 Å². The lowest BCUT2D eigenvalue weighted by Gasteiger charge is -2.32. The maximum atomic E-state index is 12.6. The number of nitrogens with one attached hydrogen (secondary N) is 1. The normalized spacial score (nSPS) is 15.1. The number of aromatic nitrogens is 4. The van der Waals surface area contributed by atoms with Crippen molar-refractivity contribution in [3.63, 3.8) is 0 Å². The number of carbonyl (C=O) groups excluding carboxylic acids is 1. The van der Waals surface area contributed by atoms with E-state index in [0.29, 0.717) is 6.61 Å². The van der Waals surface area contributed by atoms with E-state index in [9.17, 15) is 4.79 Å². The van der Waals surface area contributed by atoms with Crippen molar-refractivity contribution < 1.29 is 9.53 Å². The summed E-state index contributed by atoms with van der Waals surface area (Å²) in [5.74, 6) is 1.77. The van der Waals surface area contributed by atoms with Gasteiger partial charge in [0.15, 0.2) is 5.65 Å². The lowest BCUT2D eigenvalue weighted by Crippen LogP contribution is -2.38. The summed E-state index contributed by atoms with van der Waals surface area (Å²) in [5.41, 5.74) is 1.52. The SMILES string of the molecule is CCOc1ccc(NC(=O)C2CCN(c3ccc4nncn4n3)CC2)cc1. The highest BCUT2D eigenvalue weighted by Gasteiger charge is 2.26. The second-order valence-electron chi connectivity index (χ2n) is 6.53. The monoisotopic (exact) mass is 366 g/mol. The average Bonchev–Trinajstić information content (AvgIpc) is 3.17. The van der Waals surface area contributed by atoms with Crippen molar-refractivity contribution in [1.82, 2.24) is 19.8 Å². The second-order valence-corrected chi connectivity index (χ2v) is 6.53. The summed E-state index contributed by atoms with van der Waals surface area (Å²) in [5, 5.41) is 15.3. The zero-order valence-corrected chi connectivity index (χ0v) is 15.2. The Bertz CT molecular complexity index is 915. The number of anilines is 2. The minimum Gasteiger partial charge on any atom is -0.494 e. The molecule has 0 spiro atoms. The molecule has 3 aromatic rings. The summed E-state index contributed by atoms with van der Waals surface area (Å²) in [6.45, 7) is 4.16. The number of nitrogens with zero attached hydrogens (tertiary/aromatic N) is 5. The molecule has 8 nitrogen and oxygen atoms in total. The highest BCUT2D eigenvalue weighted by molar-refractivity contribution is 5.92. The first-order valence-corrected chi connectivity index (χ1v) is 9.18. The van der Waals surface area contributed by atoms with Crippen LogP contribution in [0.25, 0.3) is 5.65 Å². The number of piperidine rings is 1. The molecule has 1 saturated heterocycles. The first-order chi connectivity index (χ1) is 13.2. The summed E-state index contributed by atoms with van der Waals surface area (Å²) in [7, 11) is 0. The molecule has 0 atom stereocenters. The highest BCUT2D eigenvalue weighted by atomic mass is 16.5. The van der Waals surface area contributed by atoms with Crippen LogP contribution in [-0.4, -0.2) is 45.4 Å². The van der Waals surface area contributed by atoms with Crippen LogP contribution in [0.1, 0.15) is 19.8 Å². The molecular formula is C19H22N6O2. The number of hydrogen-bond donors (Lipinski definition) is 1. The van der Waals surface area contributed by atoms with Gasteiger partial charge in [-0.1, -0.05) is 0 Å². The number of fused-ring (bicyclic) bond motifs is 1. The predicted octanol–water partition coefficient (Wildman–Crippen LogP) is 2.38. The summed E-state index contributed by atoms with van der Waals surface area (Å²) in [4.78, 5) is 14.8. The number of carbonyl (C=O) groups is 1. The van der Waals surface area contributed by atoms with E-state index in [1.807, 2.05) is 43.3 Å². The van der Waals surface area contributed by atoms with Crippen molar-refractivity contribution in [1.29, 1.82) is 0 Å². The van der Waals surface area contributed by atoms with Gasteiger partial charge in [-0.3, -0.25) is 4.79 Å². The molecule has 1 aliphatic rings. The van der Waals surface area contributed by atoms with Crippen molar-refractivity contribution in [2.24, 2.45) is 5.92 Å². The van der Waals surface area contributed by atoms with Crippen LogP contribution in [0.3, 0.4) is 0 Å². The van der Waals surface area contributed by atoms with E-state index in [1.54, 1.807) is 10.8 Å². The Morgan fingerprint density at radius 3 is 2.70 bits per heavy atom. The van der Waals surface area contributed by atoms with Gasteiger partial charge in [0, 0.05) is 24.7 Å². The molecule has 27 heavy (non-hydrogen) atoms. The van der Waals surface area contributed by atoms with Crippen molar-refractivity contribution in [2.45, 2.75) is 19.8 Å². The Kier molecular flexibility index (Phi) is 4.86. The molecule has 0 bridgehead atoms. The fraction of sp³-hybridized carbons (Fsp3) is 0.368. The fourth-order valence-electron chi connectivity index (χ4n) is 3.30. The van der Waals surface area contributed by atoms with Crippen LogP contribution in [0.2, 0.25) is 0 Å². The Balaban J connectivity index is 1.33. The van der Waals surface area contributed by atoms with Crippen LogP contribution in [-0.2, 0) is 4.79 Å². The summed E-state index contributed by atoms with van der Waals surface area (Å²) < 4.78 is 7.09. The standard InChI is InChI=1S/C19H22N6O2/c1-2-27-16-5-3-15(4-6-16)21-19(26)14-9-11-24(12-10-14)18-8-7-17-22-20-13-25(17)23-18/h3-8,13-14H,2,9-12H2,1H3,(H,21,26). The molecule has 1 amide bonds. The van der Waals surface area contributed by atoms with Gasteiger partial charge in [-0.25, -0.2) is 0 Å². The summed E-state index contributed by atoms with van der Waals surface area (Å²) in [6.07, 6.45) is 3.19. The Hall–Kier alpha value is -3.16. The third-order valence-corrected chi connectivity index (χ3v) is 4.77. The van der Waals surface area contributed by atoms with Crippen molar-refractivity contribution in [3.05, 3.63) is 42.7 Å². The molecule has 8 heteroatoms. The van der Waals surface area contributed by atoms with Gasteiger partial charge in [0.1, 0.15) is 17.9 Å². The Labute approximate surface area is 157 Å². The lowest BCUT2D eigenvalue weighted by atomic mass is 9.96. The van der Waals surface area contributed by atoms with E-state index < -0.39 is 0 Å². The molecule has 1 N–H and O–H groups in total. The fourth-order valence-corrected chi connectivity index (χ4v) is 3.30. The average molecular weight is 366 g/mol. The minimum atomic E-state index is 0.00598. The molecule has 2 aromatic heterocycles. The van der Waals surface area contributed by atoms with Gasteiger partial charge in [0.05, 0.1) is 6.61 Å². The van der Waals surface area contributed by atoms with E-state index in [0.717, 1.165) is 48.8 Å². The van der Waals surface area contributed by atoms with Crippen LogP contribution in [0.15, 0.2) is 42.7 Å². The molecule has 140 valence electrons. The molecule has 0 unspecified atom stereocenters. The first-order valence-electron chi connectivity index (χ1n) is 9.18. The van der Waals surface area contributed by atoms with Gasteiger partial charge in [0.2, 0.25) is 5.91 Å². The zero-order valence-electron chi connectivity index (χ0n) is 15.2. The quantitative estimate of drug-likeness (QED) is 0.746. The maximum Gasteiger partial charge on any atom is 0.227 e. The third-order valence-electron chi connectivity index (χ3n) is 4.77. The van der Waals surface area contributed by atoms with Crippen LogP contribution < -0.4 is 15.0 Å². The first kappa shape index (κ1) is 17.3. The summed E-state index contributed by atoms with van der Waals surface area (Å²) >= 11 is 0. The zero-order chi connectivity index (χ0) is 18.6. The van der Waals surface area contributed by atoms with Gasteiger partial charge in [0.25, 0.3) is 0 Å². The topological polar surface area (TPSA) is 84.6 Å². The number of benzene rings is 1. The van der Waals surface area contributed by atoms with Crippen molar-refractivity contribution in [2.75, 3.05) is 29.9 Å². The Morgan fingerprint density at radius 1 is 1.19 bits per heavy atom. The molecule has 1 aliphatic heterocycles. The van der Waals surface area contributed by atoms with Gasteiger partial charge >= 0.3 is 0 Å². The molecule has 0 radical (unpaired) electrons. The minimum absolute atomic E-state index is 0.00598. The van der Waals surface area contributed by atoms with Gasteiger partial charge in [-0.05, 0) is 56.2 Å². The van der Waals surface area contributed by atoms with Gasteiger partial charge < -0.3 is 15.0 Å². The lowest BCUT2D eigenvalue weighted by molar-refractivity contribution is -0.120. The van der Waals surface area contributed by atoms with Crippen molar-refractivity contribution >= 4 is 23.1 Å². The van der Waals surface area contributed by atoms with Crippen LogP contribution in [0.4, 0.5) is 11.5 Å². The van der Waals surface area contributed by atoms with Crippen LogP contribution in [0, 0.1) is 5.92 Å². The number of amides is 1. The molecule has 0 saturated carbocycles.